The van der Waals surface area contributed by atoms with Crippen molar-refractivity contribution in [2.45, 2.75) is 24.1 Å². The summed E-state index contributed by atoms with van der Waals surface area (Å²) < 4.78 is 64.2. The van der Waals surface area contributed by atoms with Crippen molar-refractivity contribution in [1.29, 1.82) is 0 Å². The van der Waals surface area contributed by atoms with Crippen LogP contribution in [0.15, 0.2) is 0 Å². The van der Waals surface area contributed by atoms with Gasteiger partial charge in [-0.2, -0.15) is 17.6 Å². The summed E-state index contributed by atoms with van der Waals surface area (Å²) in [6.07, 6.45) is -1.58. The van der Waals surface area contributed by atoms with E-state index >= 15 is 0 Å². The molecule has 0 heterocycles. The van der Waals surface area contributed by atoms with Gasteiger partial charge in [-0.3, -0.25) is 0 Å². The maximum absolute atomic E-state index is 12.5. The van der Waals surface area contributed by atoms with E-state index in [1.807, 2.05) is 0 Å². The highest BCUT2D eigenvalue weighted by molar-refractivity contribution is 5.10. The Bertz CT molecular complexity index is 180. The van der Waals surface area contributed by atoms with Crippen molar-refractivity contribution in [2.24, 2.45) is 0 Å². The monoisotopic (exact) mass is 176 g/mol. The first-order valence-corrected chi connectivity index (χ1v) is 2.76. The summed E-state index contributed by atoms with van der Waals surface area (Å²) in [5.74, 6) is -12.5. The highest BCUT2D eigenvalue weighted by Gasteiger charge is 2.83. The van der Waals surface area contributed by atoms with Crippen LogP contribution >= 0.6 is 0 Å². The second-order valence-electron chi connectivity index (χ2n) is 2.39. The minimum atomic E-state index is -4.70. The zero-order chi connectivity index (χ0) is 8.91. The van der Waals surface area contributed by atoms with E-state index in [0.717, 1.165) is 0 Å². The fraction of sp³-hybridized carbons (Fsp3) is 1.00. The summed E-state index contributed by atoms with van der Waals surface area (Å²) in [5, 5.41) is 0. The van der Waals surface area contributed by atoms with Crippen LogP contribution in [-0.4, -0.2) is 24.8 Å². The van der Waals surface area contributed by atoms with E-state index in [0.29, 0.717) is 7.11 Å². The molecule has 1 unspecified atom stereocenters. The number of halogens is 5. The summed E-state index contributed by atoms with van der Waals surface area (Å²) >= 11 is 0. The molecule has 11 heavy (non-hydrogen) atoms. The fourth-order valence-electron chi connectivity index (χ4n) is 0.874. The van der Waals surface area contributed by atoms with Gasteiger partial charge >= 0.3 is 11.8 Å². The Hall–Kier alpha value is -0.390. The summed E-state index contributed by atoms with van der Waals surface area (Å²) in [7, 11) is 0.628. The first kappa shape index (κ1) is 8.70. The SMILES string of the molecule is COC1(F)CC(F)(F)C1(F)F. The molecule has 1 saturated carbocycles. The maximum atomic E-state index is 12.5. The molecule has 66 valence electrons. The summed E-state index contributed by atoms with van der Waals surface area (Å²) in [6.45, 7) is 0. The number of methoxy groups -OCH3 is 1. The molecule has 0 saturated heterocycles. The molecule has 0 N–H and O–H groups in total. The lowest BCUT2D eigenvalue weighted by molar-refractivity contribution is -0.426. The Balaban J connectivity index is 2.84. The maximum Gasteiger partial charge on any atom is 0.367 e. The number of hydrogen-bond acceptors (Lipinski definition) is 1. The van der Waals surface area contributed by atoms with Crippen molar-refractivity contribution in [1.82, 2.24) is 0 Å². The molecule has 1 aliphatic carbocycles. The van der Waals surface area contributed by atoms with Gasteiger partial charge in [0.1, 0.15) is 0 Å². The van der Waals surface area contributed by atoms with Gasteiger partial charge in [0, 0.05) is 7.11 Å². The molecule has 0 radical (unpaired) electrons. The second kappa shape index (κ2) is 1.85. The van der Waals surface area contributed by atoms with Crippen LogP contribution in [0.1, 0.15) is 6.42 Å². The fourth-order valence-corrected chi connectivity index (χ4v) is 0.874. The van der Waals surface area contributed by atoms with Gasteiger partial charge in [-0.05, 0) is 0 Å². The highest BCUT2D eigenvalue weighted by Crippen LogP contribution is 2.60. The van der Waals surface area contributed by atoms with Gasteiger partial charge in [-0.25, -0.2) is 4.39 Å². The van der Waals surface area contributed by atoms with Gasteiger partial charge in [0.25, 0.3) is 5.85 Å². The van der Waals surface area contributed by atoms with E-state index in [1.165, 1.54) is 0 Å². The molecular formula is C5H5F5O. The van der Waals surface area contributed by atoms with E-state index in [9.17, 15) is 22.0 Å². The Labute approximate surface area is 59.1 Å². The number of rotatable bonds is 1. The minimum absolute atomic E-state index is 0.628. The van der Waals surface area contributed by atoms with Crippen LogP contribution in [0, 0.1) is 0 Å². The smallest absolute Gasteiger partial charge is 0.344 e. The van der Waals surface area contributed by atoms with Crippen LogP contribution in [0.2, 0.25) is 0 Å². The van der Waals surface area contributed by atoms with Crippen LogP contribution in [0.5, 0.6) is 0 Å². The van der Waals surface area contributed by atoms with Crippen molar-refractivity contribution in [3.63, 3.8) is 0 Å². The first-order chi connectivity index (χ1) is 4.77. The molecule has 0 amide bonds. The van der Waals surface area contributed by atoms with Crippen LogP contribution < -0.4 is 0 Å². The summed E-state index contributed by atoms with van der Waals surface area (Å²) in [4.78, 5) is 0. The largest absolute Gasteiger partial charge is 0.367 e. The molecule has 1 atom stereocenters. The normalized spacial score (nSPS) is 39.8. The Morgan fingerprint density at radius 1 is 1.09 bits per heavy atom. The topological polar surface area (TPSA) is 9.23 Å². The minimum Gasteiger partial charge on any atom is -0.344 e. The van der Waals surface area contributed by atoms with Gasteiger partial charge in [0.05, 0.1) is 6.42 Å². The quantitative estimate of drug-likeness (QED) is 0.555. The van der Waals surface area contributed by atoms with Gasteiger partial charge in [-0.15, -0.1) is 0 Å². The molecular weight excluding hydrogens is 171 g/mol. The molecule has 0 aromatic heterocycles. The molecule has 0 aromatic carbocycles. The highest BCUT2D eigenvalue weighted by atomic mass is 19.3. The van der Waals surface area contributed by atoms with E-state index in [-0.39, 0.29) is 0 Å². The van der Waals surface area contributed by atoms with Crippen molar-refractivity contribution in [2.75, 3.05) is 7.11 Å². The summed E-state index contributed by atoms with van der Waals surface area (Å²) in [5.41, 5.74) is 0. The first-order valence-electron chi connectivity index (χ1n) is 2.76. The van der Waals surface area contributed by atoms with Gasteiger partial charge < -0.3 is 4.74 Å². The van der Waals surface area contributed by atoms with E-state index in [2.05, 4.69) is 4.74 Å². The number of hydrogen-bond donors (Lipinski definition) is 0. The molecule has 0 aliphatic heterocycles. The van der Waals surface area contributed by atoms with E-state index in [1.54, 1.807) is 0 Å². The molecule has 0 spiro atoms. The molecule has 0 bridgehead atoms. The molecule has 0 aromatic rings. The van der Waals surface area contributed by atoms with Crippen LogP contribution in [0.3, 0.4) is 0 Å². The summed E-state index contributed by atoms with van der Waals surface area (Å²) in [6, 6.07) is 0. The van der Waals surface area contributed by atoms with Crippen LogP contribution in [0.4, 0.5) is 22.0 Å². The molecule has 6 heteroatoms. The third-order valence-corrected chi connectivity index (χ3v) is 1.70. The Morgan fingerprint density at radius 2 is 1.55 bits per heavy atom. The number of alkyl halides is 5. The Morgan fingerprint density at radius 3 is 1.64 bits per heavy atom. The lowest BCUT2D eigenvalue weighted by atomic mass is 9.83. The van der Waals surface area contributed by atoms with Crippen molar-refractivity contribution in [3.05, 3.63) is 0 Å². The van der Waals surface area contributed by atoms with Crippen molar-refractivity contribution in [3.8, 4) is 0 Å². The zero-order valence-corrected chi connectivity index (χ0v) is 5.51. The number of ether oxygens (including phenoxy) is 1. The third-order valence-electron chi connectivity index (χ3n) is 1.70. The van der Waals surface area contributed by atoms with E-state index < -0.39 is 24.1 Å². The van der Waals surface area contributed by atoms with Gasteiger partial charge in [-0.1, -0.05) is 0 Å². The third kappa shape index (κ3) is 0.786. The van der Waals surface area contributed by atoms with Gasteiger partial charge in [0.2, 0.25) is 0 Å². The predicted octanol–water partition coefficient (Wildman–Crippen LogP) is 1.97. The molecule has 1 fully saturated rings. The average molecular weight is 176 g/mol. The Kier molecular flexibility index (Phi) is 1.47. The lowest BCUT2D eigenvalue weighted by Gasteiger charge is -2.46. The van der Waals surface area contributed by atoms with Crippen molar-refractivity contribution < 1.29 is 26.7 Å². The standard InChI is InChI=1S/C5H5F5O/c1-11-4(8)2-3(6,7)5(4,9)10/h2H2,1H3. The average Bonchev–Trinajstić information content (AvgIpc) is 1.86. The predicted molar refractivity (Wildman–Crippen MR) is 25.4 cm³/mol. The van der Waals surface area contributed by atoms with Crippen molar-refractivity contribution >= 4 is 0 Å². The second-order valence-corrected chi connectivity index (χ2v) is 2.39. The van der Waals surface area contributed by atoms with E-state index in [4.69, 9.17) is 0 Å². The zero-order valence-electron chi connectivity index (χ0n) is 5.51. The lowest BCUT2D eigenvalue weighted by Crippen LogP contribution is -2.70. The van der Waals surface area contributed by atoms with Crippen LogP contribution in [-0.2, 0) is 4.74 Å². The van der Waals surface area contributed by atoms with Crippen LogP contribution in [0.25, 0.3) is 0 Å². The van der Waals surface area contributed by atoms with Gasteiger partial charge in [0.15, 0.2) is 0 Å². The molecule has 1 rings (SSSR count). The molecule has 1 nitrogen and oxygen atoms in total. The molecule has 1 aliphatic rings.